The predicted molar refractivity (Wildman–Crippen MR) is 69.0 cm³/mol. The Labute approximate surface area is 111 Å². The molecule has 0 aliphatic carbocycles. The second-order valence-corrected chi connectivity index (χ2v) is 4.75. The van der Waals surface area contributed by atoms with Crippen molar-refractivity contribution in [3.05, 3.63) is 35.7 Å². The fraction of sp³-hybridized carbons (Fsp3) is 0.385. The smallest absolute Gasteiger partial charge is 0.253 e. The molecule has 6 heteroatoms. The maximum atomic E-state index is 12.3. The zero-order valence-electron chi connectivity index (χ0n) is 10.8. The molecule has 1 fully saturated rings. The lowest BCUT2D eigenvalue weighted by Gasteiger charge is -2.16. The molecule has 1 aliphatic rings. The van der Waals surface area contributed by atoms with Crippen LogP contribution in [0.3, 0.4) is 0 Å². The average Bonchev–Trinajstić information content (AvgIpc) is 3.11. The Bertz CT molecular complexity index is 587. The molecule has 1 saturated heterocycles. The lowest BCUT2D eigenvalue weighted by atomic mass is 10.1. The summed E-state index contributed by atoms with van der Waals surface area (Å²) in [6.45, 7) is 3.69. The molecule has 0 N–H and O–H groups in total. The number of benzene rings is 1. The van der Waals surface area contributed by atoms with Crippen LogP contribution in [-0.4, -0.2) is 44.1 Å². The first-order valence-electron chi connectivity index (χ1n) is 6.39. The van der Waals surface area contributed by atoms with Gasteiger partial charge in [-0.2, -0.15) is 0 Å². The zero-order valence-corrected chi connectivity index (χ0v) is 10.8. The predicted octanol–water partition coefficient (Wildman–Crippen LogP) is 1.21. The molecule has 2 heterocycles. The van der Waals surface area contributed by atoms with Gasteiger partial charge < -0.3 is 4.90 Å². The lowest BCUT2D eigenvalue weighted by Crippen LogP contribution is -2.27. The molecule has 0 bridgehead atoms. The van der Waals surface area contributed by atoms with E-state index in [1.807, 2.05) is 30.0 Å². The highest BCUT2D eigenvalue weighted by atomic mass is 16.2. The van der Waals surface area contributed by atoms with Gasteiger partial charge in [-0.05, 0) is 54.0 Å². The standard InChI is InChI=1S/C13H15N5O/c1-10-8-11(13(19)17-6-2-3-7-17)4-5-12(10)18-9-14-15-16-18/h4-5,8-9H,2-3,6-7H2,1H3. The highest BCUT2D eigenvalue weighted by Gasteiger charge is 2.19. The minimum Gasteiger partial charge on any atom is -0.339 e. The minimum absolute atomic E-state index is 0.115. The zero-order chi connectivity index (χ0) is 13.2. The third kappa shape index (κ3) is 2.21. The lowest BCUT2D eigenvalue weighted by molar-refractivity contribution is 0.0792. The summed E-state index contributed by atoms with van der Waals surface area (Å²) in [6.07, 6.45) is 3.76. The van der Waals surface area contributed by atoms with Crippen molar-refractivity contribution in [1.29, 1.82) is 0 Å². The van der Waals surface area contributed by atoms with E-state index < -0.39 is 0 Å². The third-order valence-corrected chi connectivity index (χ3v) is 3.43. The van der Waals surface area contributed by atoms with Crippen molar-refractivity contribution < 1.29 is 4.79 Å². The number of hydrogen-bond donors (Lipinski definition) is 0. The topological polar surface area (TPSA) is 63.9 Å². The van der Waals surface area contributed by atoms with E-state index in [1.54, 1.807) is 11.0 Å². The maximum Gasteiger partial charge on any atom is 0.253 e. The van der Waals surface area contributed by atoms with Crippen LogP contribution in [0.5, 0.6) is 0 Å². The Morgan fingerprint density at radius 3 is 2.68 bits per heavy atom. The summed E-state index contributed by atoms with van der Waals surface area (Å²) >= 11 is 0. The van der Waals surface area contributed by atoms with Crippen LogP contribution >= 0.6 is 0 Å². The molecule has 1 amide bonds. The van der Waals surface area contributed by atoms with E-state index in [1.165, 1.54) is 0 Å². The number of likely N-dealkylation sites (tertiary alicyclic amines) is 1. The van der Waals surface area contributed by atoms with E-state index >= 15 is 0 Å². The average molecular weight is 257 g/mol. The summed E-state index contributed by atoms with van der Waals surface area (Å²) in [7, 11) is 0. The number of carbonyl (C=O) groups excluding carboxylic acids is 1. The molecule has 1 aromatic heterocycles. The van der Waals surface area contributed by atoms with Crippen LogP contribution in [0.2, 0.25) is 0 Å². The van der Waals surface area contributed by atoms with Crippen LogP contribution in [-0.2, 0) is 0 Å². The number of amides is 1. The molecule has 98 valence electrons. The van der Waals surface area contributed by atoms with Gasteiger partial charge >= 0.3 is 0 Å². The van der Waals surface area contributed by atoms with Gasteiger partial charge in [0.05, 0.1) is 5.69 Å². The molecular weight excluding hydrogens is 242 g/mol. The molecule has 0 radical (unpaired) electrons. The molecule has 0 saturated carbocycles. The Morgan fingerprint density at radius 2 is 2.05 bits per heavy atom. The molecule has 1 aromatic carbocycles. The van der Waals surface area contributed by atoms with E-state index in [0.717, 1.165) is 42.7 Å². The number of aryl methyl sites for hydroxylation is 1. The van der Waals surface area contributed by atoms with E-state index in [9.17, 15) is 4.79 Å². The molecule has 0 unspecified atom stereocenters. The Hall–Kier alpha value is -2.24. The Kier molecular flexibility index (Phi) is 2.98. The molecule has 0 spiro atoms. The third-order valence-electron chi connectivity index (χ3n) is 3.43. The fourth-order valence-electron chi connectivity index (χ4n) is 2.42. The number of nitrogens with zero attached hydrogens (tertiary/aromatic N) is 5. The maximum absolute atomic E-state index is 12.3. The molecular formula is C13H15N5O. The fourth-order valence-corrected chi connectivity index (χ4v) is 2.42. The van der Waals surface area contributed by atoms with Gasteiger partial charge in [-0.15, -0.1) is 5.10 Å². The van der Waals surface area contributed by atoms with Crippen LogP contribution in [0.15, 0.2) is 24.5 Å². The van der Waals surface area contributed by atoms with Gasteiger partial charge in [-0.25, -0.2) is 4.68 Å². The van der Waals surface area contributed by atoms with Crippen LogP contribution in [0.1, 0.15) is 28.8 Å². The van der Waals surface area contributed by atoms with E-state index in [4.69, 9.17) is 0 Å². The number of carbonyl (C=O) groups is 1. The SMILES string of the molecule is Cc1cc(C(=O)N2CCCC2)ccc1-n1cnnn1. The van der Waals surface area contributed by atoms with Crippen molar-refractivity contribution in [3.63, 3.8) is 0 Å². The minimum atomic E-state index is 0.115. The monoisotopic (exact) mass is 257 g/mol. The van der Waals surface area contributed by atoms with Crippen molar-refractivity contribution in [2.75, 3.05) is 13.1 Å². The van der Waals surface area contributed by atoms with Crippen LogP contribution in [0, 0.1) is 6.92 Å². The highest BCUT2D eigenvalue weighted by molar-refractivity contribution is 5.94. The van der Waals surface area contributed by atoms with Gasteiger partial charge in [0.25, 0.3) is 5.91 Å². The molecule has 2 aromatic rings. The Balaban J connectivity index is 1.89. The van der Waals surface area contributed by atoms with E-state index in [0.29, 0.717) is 0 Å². The molecule has 19 heavy (non-hydrogen) atoms. The summed E-state index contributed by atoms with van der Waals surface area (Å²) < 4.78 is 1.60. The summed E-state index contributed by atoms with van der Waals surface area (Å²) in [4.78, 5) is 14.2. The quantitative estimate of drug-likeness (QED) is 0.811. The number of aromatic nitrogens is 4. The normalized spacial score (nSPS) is 14.9. The van der Waals surface area contributed by atoms with Gasteiger partial charge in [0.2, 0.25) is 0 Å². The van der Waals surface area contributed by atoms with Crippen molar-refractivity contribution in [3.8, 4) is 5.69 Å². The van der Waals surface area contributed by atoms with Gasteiger partial charge in [-0.3, -0.25) is 4.79 Å². The molecule has 1 aliphatic heterocycles. The first-order chi connectivity index (χ1) is 9.25. The van der Waals surface area contributed by atoms with E-state index in [2.05, 4.69) is 15.5 Å². The molecule has 6 nitrogen and oxygen atoms in total. The van der Waals surface area contributed by atoms with Crippen molar-refractivity contribution in [2.24, 2.45) is 0 Å². The summed E-state index contributed by atoms with van der Waals surface area (Å²) in [6, 6.07) is 5.62. The van der Waals surface area contributed by atoms with Crippen molar-refractivity contribution in [1.82, 2.24) is 25.1 Å². The van der Waals surface area contributed by atoms with Crippen molar-refractivity contribution >= 4 is 5.91 Å². The summed E-state index contributed by atoms with van der Waals surface area (Å²) in [5, 5.41) is 11.1. The largest absolute Gasteiger partial charge is 0.339 e. The Morgan fingerprint density at radius 1 is 1.26 bits per heavy atom. The van der Waals surface area contributed by atoms with E-state index in [-0.39, 0.29) is 5.91 Å². The summed E-state index contributed by atoms with van der Waals surface area (Å²) in [5.41, 5.74) is 2.61. The van der Waals surface area contributed by atoms with Gasteiger partial charge in [-0.1, -0.05) is 0 Å². The number of tetrazole rings is 1. The van der Waals surface area contributed by atoms with Gasteiger partial charge in [0, 0.05) is 18.7 Å². The van der Waals surface area contributed by atoms with Crippen LogP contribution in [0.4, 0.5) is 0 Å². The highest BCUT2D eigenvalue weighted by Crippen LogP contribution is 2.18. The van der Waals surface area contributed by atoms with Crippen molar-refractivity contribution in [2.45, 2.75) is 19.8 Å². The summed E-state index contributed by atoms with van der Waals surface area (Å²) in [5.74, 6) is 0.115. The van der Waals surface area contributed by atoms with Crippen LogP contribution in [0.25, 0.3) is 5.69 Å². The van der Waals surface area contributed by atoms with Gasteiger partial charge in [0.15, 0.2) is 0 Å². The second kappa shape index (κ2) is 4.79. The first kappa shape index (κ1) is 11.8. The molecule has 0 atom stereocenters. The number of rotatable bonds is 2. The second-order valence-electron chi connectivity index (χ2n) is 4.75. The number of hydrogen-bond acceptors (Lipinski definition) is 4. The van der Waals surface area contributed by atoms with Crippen LogP contribution < -0.4 is 0 Å². The first-order valence-corrected chi connectivity index (χ1v) is 6.39. The van der Waals surface area contributed by atoms with Gasteiger partial charge in [0.1, 0.15) is 6.33 Å². The molecule has 3 rings (SSSR count).